The van der Waals surface area contributed by atoms with E-state index in [1.54, 1.807) is 6.07 Å². The second kappa shape index (κ2) is 8.07. The van der Waals surface area contributed by atoms with E-state index in [0.29, 0.717) is 17.2 Å². The summed E-state index contributed by atoms with van der Waals surface area (Å²) in [5.74, 6) is 2.26. The Bertz CT molecular complexity index is 987. The van der Waals surface area contributed by atoms with Crippen LogP contribution in [-0.2, 0) is 0 Å². The Morgan fingerprint density at radius 2 is 1.64 bits per heavy atom. The number of nitrogens with zero attached hydrogens (tertiary/aromatic N) is 5. The standard InChI is InChI=1S/C22H22N6/c1-27-11-13-28(14-12-27)21-15-20(24-19-10-6-5-9-18(19)16-23)25-22(26-21)17-7-3-2-4-8-17/h2-10,15H,11-14H2,1H3,(H,24,25,26). The topological polar surface area (TPSA) is 68.1 Å². The number of nitrogens with one attached hydrogen (secondary N) is 1. The lowest BCUT2D eigenvalue weighted by molar-refractivity contribution is 0.312. The summed E-state index contributed by atoms with van der Waals surface area (Å²) in [7, 11) is 2.14. The summed E-state index contributed by atoms with van der Waals surface area (Å²) in [6, 6.07) is 21.6. The molecule has 0 unspecified atom stereocenters. The molecule has 1 saturated heterocycles. The van der Waals surface area contributed by atoms with Crippen LogP contribution in [-0.4, -0.2) is 48.1 Å². The van der Waals surface area contributed by atoms with Crippen LogP contribution < -0.4 is 10.2 Å². The summed E-state index contributed by atoms with van der Waals surface area (Å²) in [4.78, 5) is 14.1. The number of rotatable bonds is 4. The van der Waals surface area contributed by atoms with Gasteiger partial charge in [0.15, 0.2) is 5.82 Å². The van der Waals surface area contributed by atoms with Gasteiger partial charge in [-0.25, -0.2) is 9.97 Å². The van der Waals surface area contributed by atoms with Gasteiger partial charge >= 0.3 is 0 Å². The summed E-state index contributed by atoms with van der Waals surface area (Å²) < 4.78 is 0. The Labute approximate surface area is 165 Å². The van der Waals surface area contributed by atoms with Gasteiger partial charge in [-0.1, -0.05) is 42.5 Å². The van der Waals surface area contributed by atoms with Gasteiger partial charge in [0.25, 0.3) is 0 Å². The molecule has 3 aromatic rings. The van der Waals surface area contributed by atoms with Crippen LogP contribution in [0, 0.1) is 11.3 Å². The van der Waals surface area contributed by atoms with Crippen molar-refractivity contribution in [3.8, 4) is 17.5 Å². The highest BCUT2D eigenvalue weighted by atomic mass is 15.3. The zero-order chi connectivity index (χ0) is 19.3. The third-order valence-electron chi connectivity index (χ3n) is 4.88. The number of piperazine rings is 1. The molecular weight excluding hydrogens is 348 g/mol. The average molecular weight is 370 g/mol. The second-order valence-corrected chi connectivity index (χ2v) is 6.87. The molecule has 0 radical (unpaired) electrons. The molecule has 0 spiro atoms. The third kappa shape index (κ3) is 3.95. The Hall–Kier alpha value is -3.43. The Morgan fingerprint density at radius 3 is 2.39 bits per heavy atom. The van der Waals surface area contributed by atoms with Gasteiger partial charge in [-0.2, -0.15) is 5.26 Å². The first-order valence-electron chi connectivity index (χ1n) is 9.37. The highest BCUT2D eigenvalue weighted by Crippen LogP contribution is 2.26. The Morgan fingerprint density at radius 1 is 0.929 bits per heavy atom. The van der Waals surface area contributed by atoms with E-state index in [-0.39, 0.29) is 0 Å². The maximum Gasteiger partial charge on any atom is 0.163 e. The van der Waals surface area contributed by atoms with Gasteiger partial charge in [0.2, 0.25) is 0 Å². The predicted molar refractivity (Wildman–Crippen MR) is 112 cm³/mol. The van der Waals surface area contributed by atoms with E-state index >= 15 is 0 Å². The van der Waals surface area contributed by atoms with Crippen LogP contribution in [0.1, 0.15) is 5.56 Å². The lowest BCUT2D eigenvalue weighted by Crippen LogP contribution is -2.44. The van der Waals surface area contributed by atoms with E-state index in [2.05, 4.69) is 28.2 Å². The summed E-state index contributed by atoms with van der Waals surface area (Å²) >= 11 is 0. The first-order chi connectivity index (χ1) is 13.7. The molecular formula is C22H22N6. The zero-order valence-electron chi connectivity index (χ0n) is 15.8. The molecule has 0 atom stereocenters. The SMILES string of the molecule is CN1CCN(c2cc(Nc3ccccc3C#N)nc(-c3ccccc3)n2)CC1. The molecule has 1 aromatic heterocycles. The number of para-hydroxylation sites is 1. The van der Waals surface area contributed by atoms with Crippen LogP contribution in [0.15, 0.2) is 60.7 Å². The quantitative estimate of drug-likeness (QED) is 0.758. The zero-order valence-corrected chi connectivity index (χ0v) is 15.8. The van der Waals surface area contributed by atoms with Crippen molar-refractivity contribution in [2.75, 3.05) is 43.4 Å². The lowest BCUT2D eigenvalue weighted by Gasteiger charge is -2.33. The number of nitriles is 1. The molecule has 0 amide bonds. The highest BCUT2D eigenvalue weighted by Gasteiger charge is 2.18. The molecule has 0 aliphatic carbocycles. The summed E-state index contributed by atoms with van der Waals surface area (Å²) in [6.45, 7) is 3.86. The smallest absolute Gasteiger partial charge is 0.163 e. The van der Waals surface area contributed by atoms with Gasteiger partial charge in [0, 0.05) is 37.8 Å². The van der Waals surface area contributed by atoms with Gasteiger partial charge in [0.1, 0.15) is 17.7 Å². The minimum atomic E-state index is 0.587. The summed E-state index contributed by atoms with van der Waals surface area (Å²) in [6.07, 6.45) is 0. The largest absolute Gasteiger partial charge is 0.354 e. The van der Waals surface area contributed by atoms with Crippen LogP contribution >= 0.6 is 0 Å². The molecule has 6 heteroatoms. The fourth-order valence-corrected chi connectivity index (χ4v) is 3.24. The maximum absolute atomic E-state index is 9.38. The molecule has 140 valence electrons. The second-order valence-electron chi connectivity index (χ2n) is 6.87. The molecule has 0 bridgehead atoms. The van der Waals surface area contributed by atoms with E-state index in [1.807, 2.05) is 54.6 Å². The van der Waals surface area contributed by atoms with Crippen LogP contribution in [0.2, 0.25) is 0 Å². The first kappa shape index (κ1) is 18.0. The molecule has 4 rings (SSSR count). The molecule has 2 heterocycles. The normalized spacial score (nSPS) is 14.5. The van der Waals surface area contributed by atoms with Crippen molar-refractivity contribution >= 4 is 17.3 Å². The Balaban J connectivity index is 1.73. The molecule has 1 aliphatic heterocycles. The van der Waals surface area contributed by atoms with Crippen LogP contribution in [0.5, 0.6) is 0 Å². The predicted octanol–water partition coefficient (Wildman–Crippen LogP) is 3.51. The third-order valence-corrected chi connectivity index (χ3v) is 4.88. The van der Waals surface area contributed by atoms with E-state index in [9.17, 15) is 5.26 Å². The molecule has 2 aromatic carbocycles. The van der Waals surface area contributed by atoms with Crippen LogP contribution in [0.25, 0.3) is 11.4 Å². The minimum Gasteiger partial charge on any atom is -0.354 e. The highest BCUT2D eigenvalue weighted by molar-refractivity contribution is 5.68. The van der Waals surface area contributed by atoms with Crippen molar-refractivity contribution in [1.29, 1.82) is 5.26 Å². The molecule has 0 saturated carbocycles. The van der Waals surface area contributed by atoms with E-state index in [0.717, 1.165) is 43.2 Å². The maximum atomic E-state index is 9.38. The van der Waals surface area contributed by atoms with E-state index in [1.165, 1.54) is 0 Å². The average Bonchev–Trinajstić information content (AvgIpc) is 2.75. The number of likely N-dealkylation sites (N-methyl/N-ethyl adjacent to an activating group) is 1. The number of aromatic nitrogens is 2. The van der Waals surface area contributed by atoms with Crippen LogP contribution in [0.3, 0.4) is 0 Å². The van der Waals surface area contributed by atoms with Gasteiger partial charge in [-0.05, 0) is 19.2 Å². The molecule has 28 heavy (non-hydrogen) atoms. The summed E-state index contributed by atoms with van der Waals surface area (Å²) in [5.41, 5.74) is 2.30. The molecule has 1 fully saturated rings. The van der Waals surface area contributed by atoms with E-state index in [4.69, 9.17) is 9.97 Å². The fraction of sp³-hybridized carbons (Fsp3) is 0.227. The lowest BCUT2D eigenvalue weighted by atomic mass is 10.2. The van der Waals surface area contributed by atoms with Crippen molar-refractivity contribution in [2.45, 2.75) is 0 Å². The number of hydrogen-bond acceptors (Lipinski definition) is 6. The summed E-state index contributed by atoms with van der Waals surface area (Å²) in [5, 5.41) is 12.7. The fourth-order valence-electron chi connectivity index (χ4n) is 3.24. The van der Waals surface area contributed by atoms with Crippen LogP contribution in [0.4, 0.5) is 17.3 Å². The van der Waals surface area contributed by atoms with Gasteiger partial charge in [-0.3, -0.25) is 0 Å². The van der Waals surface area contributed by atoms with Gasteiger partial charge in [-0.15, -0.1) is 0 Å². The van der Waals surface area contributed by atoms with Crippen molar-refractivity contribution in [2.24, 2.45) is 0 Å². The number of benzene rings is 2. The van der Waals surface area contributed by atoms with Crippen molar-refractivity contribution in [3.63, 3.8) is 0 Å². The monoisotopic (exact) mass is 370 g/mol. The van der Waals surface area contributed by atoms with Gasteiger partial charge < -0.3 is 15.1 Å². The molecule has 1 aliphatic rings. The Kier molecular flexibility index (Phi) is 5.18. The molecule has 1 N–H and O–H groups in total. The molecule has 6 nitrogen and oxygen atoms in total. The number of hydrogen-bond donors (Lipinski definition) is 1. The minimum absolute atomic E-state index is 0.587. The first-order valence-corrected chi connectivity index (χ1v) is 9.37. The van der Waals surface area contributed by atoms with E-state index < -0.39 is 0 Å². The van der Waals surface area contributed by atoms with Gasteiger partial charge in [0.05, 0.1) is 11.3 Å². The van der Waals surface area contributed by atoms with Crippen molar-refractivity contribution < 1.29 is 0 Å². The van der Waals surface area contributed by atoms with Crippen molar-refractivity contribution in [3.05, 3.63) is 66.2 Å². The van der Waals surface area contributed by atoms with Crippen molar-refractivity contribution in [1.82, 2.24) is 14.9 Å². The number of anilines is 3.